The Bertz CT molecular complexity index is 245. The van der Waals surface area contributed by atoms with Crippen LogP contribution in [0, 0.1) is 20.8 Å². The van der Waals surface area contributed by atoms with Crippen LogP contribution in [-0.4, -0.2) is 0 Å². The lowest BCUT2D eigenvalue weighted by molar-refractivity contribution is 1.24. The fourth-order valence-electron chi connectivity index (χ4n) is 1.12. The maximum absolute atomic E-state index is 5.29. The molecule has 0 radical (unpaired) electrons. The molecule has 0 aliphatic carbocycles. The Morgan fingerprint density at radius 3 is 1.29 bits per heavy atom. The summed E-state index contributed by atoms with van der Waals surface area (Å²) in [5, 5.41) is 0. The van der Waals surface area contributed by atoms with Crippen molar-refractivity contribution in [3.05, 3.63) is 28.8 Å². The number of nitrogen functional groups attached to an aromatic ring is 1. The van der Waals surface area contributed by atoms with Crippen LogP contribution in [0.2, 0.25) is 0 Å². The van der Waals surface area contributed by atoms with Crippen LogP contribution in [0.4, 0.5) is 5.69 Å². The Morgan fingerprint density at radius 2 is 1.06 bits per heavy atom. The quantitative estimate of drug-likeness (QED) is 0.537. The number of hydrogen-bond donors (Lipinski definition) is 2. The lowest BCUT2D eigenvalue weighted by Gasteiger charge is -2.07. The van der Waals surface area contributed by atoms with Gasteiger partial charge in [0, 0.05) is 5.69 Å². The van der Waals surface area contributed by atoms with Gasteiger partial charge < -0.3 is 5.43 Å². The van der Waals surface area contributed by atoms with Gasteiger partial charge in [0.25, 0.3) is 0 Å². The number of nitrogens with two attached hydrogens (primary N) is 1. The molecule has 1 aromatic rings. The van der Waals surface area contributed by atoms with Crippen LogP contribution < -0.4 is 11.3 Å². The molecule has 0 unspecified atom stereocenters. The molecule has 0 saturated heterocycles. The predicted octanol–water partition coefficient (Wildman–Crippen LogP) is 4.98. The van der Waals surface area contributed by atoms with Gasteiger partial charge in [0.15, 0.2) is 0 Å². The summed E-state index contributed by atoms with van der Waals surface area (Å²) >= 11 is 0. The van der Waals surface area contributed by atoms with Crippen LogP contribution in [0.15, 0.2) is 12.1 Å². The largest absolute Gasteiger partial charge is 0.324 e. The highest BCUT2D eigenvalue weighted by molar-refractivity contribution is 5.50. The molecule has 0 fully saturated rings. The van der Waals surface area contributed by atoms with Crippen molar-refractivity contribution in [2.45, 2.75) is 62.3 Å². The smallest absolute Gasteiger partial charge is 0.0490 e. The summed E-state index contributed by atoms with van der Waals surface area (Å²) in [6, 6.07) is 4.09. The molecule has 0 atom stereocenters. The minimum Gasteiger partial charge on any atom is -0.324 e. The fraction of sp³-hybridized carbons (Fsp3) is 0.600. The zero-order chi connectivity index (χ0) is 14.4. The first-order valence-corrected chi connectivity index (χ1v) is 6.69. The highest BCUT2D eigenvalue weighted by atomic mass is 15.2. The summed E-state index contributed by atoms with van der Waals surface area (Å²) in [5.74, 6) is 5.29. The SMILES string of the molecule is CC.CC.CC.Cc1cc(NN)cc(C)c1C. The summed E-state index contributed by atoms with van der Waals surface area (Å²) < 4.78 is 0. The normalized spacial score (nSPS) is 7.41. The Labute approximate surface area is 109 Å². The topological polar surface area (TPSA) is 38.0 Å². The van der Waals surface area contributed by atoms with Crippen LogP contribution in [0.3, 0.4) is 0 Å². The van der Waals surface area contributed by atoms with Gasteiger partial charge in [-0.15, -0.1) is 0 Å². The van der Waals surface area contributed by atoms with E-state index >= 15 is 0 Å². The average Bonchev–Trinajstić information content (AvgIpc) is 2.42. The number of hydrazine groups is 1. The number of rotatable bonds is 1. The van der Waals surface area contributed by atoms with Crippen molar-refractivity contribution in [1.29, 1.82) is 0 Å². The molecule has 0 aromatic heterocycles. The molecule has 102 valence electrons. The molecule has 0 aliphatic heterocycles. The number of aryl methyl sites for hydroxylation is 2. The molecule has 3 N–H and O–H groups in total. The van der Waals surface area contributed by atoms with E-state index in [0.717, 1.165) is 5.69 Å². The molecule has 2 heteroatoms. The lowest BCUT2D eigenvalue weighted by Crippen LogP contribution is -2.07. The molecular weight excluding hydrogens is 208 g/mol. The molecule has 1 rings (SSSR count). The van der Waals surface area contributed by atoms with Crippen molar-refractivity contribution in [1.82, 2.24) is 0 Å². The van der Waals surface area contributed by atoms with Gasteiger partial charge in [-0.1, -0.05) is 41.5 Å². The predicted molar refractivity (Wildman–Crippen MR) is 82.5 cm³/mol. The van der Waals surface area contributed by atoms with E-state index in [0.29, 0.717) is 0 Å². The molecule has 0 saturated carbocycles. The van der Waals surface area contributed by atoms with Gasteiger partial charge in [-0.25, -0.2) is 0 Å². The Balaban J connectivity index is -0.000000285. The van der Waals surface area contributed by atoms with Crippen LogP contribution in [0.1, 0.15) is 58.2 Å². The average molecular weight is 240 g/mol. The van der Waals surface area contributed by atoms with Gasteiger partial charge in [-0.05, 0) is 49.6 Å². The fourth-order valence-corrected chi connectivity index (χ4v) is 1.12. The molecule has 17 heavy (non-hydrogen) atoms. The third-order valence-corrected chi connectivity index (χ3v) is 2.09. The van der Waals surface area contributed by atoms with Gasteiger partial charge in [0.05, 0.1) is 0 Å². The summed E-state index contributed by atoms with van der Waals surface area (Å²) in [6.07, 6.45) is 0. The molecule has 0 heterocycles. The summed E-state index contributed by atoms with van der Waals surface area (Å²) in [4.78, 5) is 0. The van der Waals surface area contributed by atoms with Gasteiger partial charge >= 0.3 is 0 Å². The van der Waals surface area contributed by atoms with Crippen LogP contribution in [0.5, 0.6) is 0 Å². The second kappa shape index (κ2) is 15.0. The molecule has 0 aliphatic rings. The van der Waals surface area contributed by atoms with E-state index in [1.165, 1.54) is 16.7 Å². The van der Waals surface area contributed by atoms with Crippen molar-refractivity contribution < 1.29 is 0 Å². The van der Waals surface area contributed by atoms with E-state index < -0.39 is 0 Å². The molecule has 1 aromatic carbocycles. The molecule has 2 nitrogen and oxygen atoms in total. The van der Waals surface area contributed by atoms with E-state index in [2.05, 4.69) is 26.2 Å². The first-order chi connectivity index (χ1) is 8.15. The van der Waals surface area contributed by atoms with Crippen molar-refractivity contribution in [2.75, 3.05) is 5.43 Å². The van der Waals surface area contributed by atoms with Gasteiger partial charge in [0.2, 0.25) is 0 Å². The summed E-state index contributed by atoms with van der Waals surface area (Å²) in [6.45, 7) is 18.3. The third kappa shape index (κ3) is 8.75. The van der Waals surface area contributed by atoms with Gasteiger partial charge in [0.1, 0.15) is 0 Å². The molecular formula is C15H32N2. The maximum atomic E-state index is 5.29. The minimum atomic E-state index is 0.977. The highest BCUT2D eigenvalue weighted by Crippen LogP contribution is 2.17. The number of hydrogen-bond acceptors (Lipinski definition) is 2. The van der Waals surface area contributed by atoms with E-state index in [-0.39, 0.29) is 0 Å². The molecule has 0 bridgehead atoms. The van der Waals surface area contributed by atoms with Gasteiger partial charge in [-0.2, -0.15) is 0 Å². The Morgan fingerprint density at radius 1 is 0.765 bits per heavy atom. The molecule has 0 amide bonds. The first-order valence-electron chi connectivity index (χ1n) is 6.69. The maximum Gasteiger partial charge on any atom is 0.0490 e. The second-order valence-corrected chi connectivity index (χ2v) is 2.88. The van der Waals surface area contributed by atoms with Gasteiger partial charge in [-0.3, -0.25) is 5.84 Å². The first kappa shape index (κ1) is 21.3. The van der Waals surface area contributed by atoms with Crippen molar-refractivity contribution >= 4 is 5.69 Å². The summed E-state index contributed by atoms with van der Waals surface area (Å²) in [7, 11) is 0. The van der Waals surface area contributed by atoms with E-state index in [9.17, 15) is 0 Å². The summed E-state index contributed by atoms with van der Waals surface area (Å²) in [5.41, 5.74) is 7.50. The van der Waals surface area contributed by atoms with Crippen LogP contribution in [0.25, 0.3) is 0 Å². The van der Waals surface area contributed by atoms with E-state index in [4.69, 9.17) is 5.84 Å². The highest BCUT2D eigenvalue weighted by Gasteiger charge is 1.98. The number of anilines is 1. The molecule has 0 spiro atoms. The lowest BCUT2D eigenvalue weighted by atomic mass is 10.0. The Hall–Kier alpha value is -1.02. The van der Waals surface area contributed by atoms with Crippen LogP contribution >= 0.6 is 0 Å². The third-order valence-electron chi connectivity index (χ3n) is 2.09. The number of nitrogens with one attached hydrogen (secondary N) is 1. The van der Waals surface area contributed by atoms with Crippen LogP contribution in [-0.2, 0) is 0 Å². The van der Waals surface area contributed by atoms with Crippen molar-refractivity contribution in [3.63, 3.8) is 0 Å². The minimum absolute atomic E-state index is 0.977. The Kier molecular flexibility index (Phi) is 18.8. The zero-order valence-electron chi connectivity index (χ0n) is 13.2. The zero-order valence-corrected chi connectivity index (χ0v) is 13.2. The second-order valence-electron chi connectivity index (χ2n) is 2.88. The monoisotopic (exact) mass is 240 g/mol. The number of benzene rings is 1. The van der Waals surface area contributed by atoms with Crippen molar-refractivity contribution in [3.8, 4) is 0 Å². The van der Waals surface area contributed by atoms with Crippen molar-refractivity contribution in [2.24, 2.45) is 5.84 Å². The van der Waals surface area contributed by atoms with E-state index in [1.54, 1.807) is 0 Å². The standard InChI is InChI=1S/C9H14N2.3C2H6/c1-6-4-9(11-10)5-7(2)8(6)3;3*1-2/h4-5,11H,10H2,1-3H3;3*1-2H3. The van der Waals surface area contributed by atoms with E-state index in [1.807, 2.05) is 53.7 Å².